The van der Waals surface area contributed by atoms with Gasteiger partial charge in [-0.05, 0) is 31.1 Å². The van der Waals surface area contributed by atoms with Crippen LogP contribution in [0.1, 0.15) is 38.5 Å². The van der Waals surface area contributed by atoms with Gasteiger partial charge >= 0.3 is 0 Å². The van der Waals surface area contributed by atoms with Gasteiger partial charge in [0.25, 0.3) is 0 Å². The zero-order chi connectivity index (χ0) is 7.73. The van der Waals surface area contributed by atoms with E-state index in [1.165, 1.54) is 38.5 Å². The lowest BCUT2D eigenvalue weighted by molar-refractivity contribution is 0.109. The van der Waals surface area contributed by atoms with Gasteiger partial charge in [0.05, 0.1) is 0 Å². The first kappa shape index (κ1) is 10.3. The molecule has 1 saturated heterocycles. The van der Waals surface area contributed by atoms with E-state index in [9.17, 15) is 0 Å². The second-order valence-electron chi connectivity index (χ2n) is 4.24. The standard InChI is InChI=1S/C9H18N2.ClH/c10-11-7-5-9(6-8-11)3-1-2-4-9;/h1-8,10H2;1H. The van der Waals surface area contributed by atoms with Gasteiger partial charge in [0.2, 0.25) is 0 Å². The van der Waals surface area contributed by atoms with Crippen molar-refractivity contribution in [3.8, 4) is 0 Å². The molecule has 1 saturated carbocycles. The van der Waals surface area contributed by atoms with E-state index in [0.29, 0.717) is 0 Å². The lowest BCUT2D eigenvalue weighted by atomic mass is 9.77. The Morgan fingerprint density at radius 2 is 1.42 bits per heavy atom. The third-order valence-corrected chi connectivity index (χ3v) is 3.52. The molecule has 0 amide bonds. The van der Waals surface area contributed by atoms with Gasteiger partial charge < -0.3 is 0 Å². The Morgan fingerprint density at radius 3 is 1.92 bits per heavy atom. The second-order valence-corrected chi connectivity index (χ2v) is 4.24. The quantitative estimate of drug-likeness (QED) is 0.592. The van der Waals surface area contributed by atoms with Gasteiger partial charge in [-0.1, -0.05) is 12.8 Å². The Hall–Kier alpha value is 0.210. The summed E-state index contributed by atoms with van der Waals surface area (Å²) in [6, 6.07) is 0. The normalized spacial score (nSPS) is 28.8. The number of hydrogen-bond donors (Lipinski definition) is 1. The highest BCUT2D eigenvalue weighted by Gasteiger charge is 2.35. The average Bonchev–Trinajstić information content (AvgIpc) is 2.45. The second kappa shape index (κ2) is 3.95. The van der Waals surface area contributed by atoms with Crippen LogP contribution in [0.4, 0.5) is 0 Å². The molecule has 0 bridgehead atoms. The molecule has 3 heteroatoms. The Labute approximate surface area is 80.9 Å². The molecule has 1 heterocycles. The molecular weight excluding hydrogens is 172 g/mol. The third kappa shape index (κ3) is 1.93. The largest absolute Gasteiger partial charge is 0.269 e. The van der Waals surface area contributed by atoms with Crippen LogP contribution in [0.3, 0.4) is 0 Å². The van der Waals surface area contributed by atoms with Crippen LogP contribution in [0.2, 0.25) is 0 Å². The summed E-state index contributed by atoms with van der Waals surface area (Å²) in [7, 11) is 0. The van der Waals surface area contributed by atoms with Crippen LogP contribution in [0.15, 0.2) is 0 Å². The first-order valence-corrected chi connectivity index (χ1v) is 4.80. The van der Waals surface area contributed by atoms with Gasteiger partial charge in [0, 0.05) is 13.1 Å². The maximum atomic E-state index is 5.72. The SMILES string of the molecule is Cl.NN1CCC2(CCCC2)CC1. The predicted octanol–water partition coefficient (Wildman–Crippen LogP) is 1.94. The molecule has 2 rings (SSSR count). The van der Waals surface area contributed by atoms with Crippen molar-refractivity contribution in [3.63, 3.8) is 0 Å². The summed E-state index contributed by atoms with van der Waals surface area (Å²) in [5.74, 6) is 5.72. The fraction of sp³-hybridized carbons (Fsp3) is 1.00. The van der Waals surface area contributed by atoms with Crippen molar-refractivity contribution in [3.05, 3.63) is 0 Å². The monoisotopic (exact) mass is 190 g/mol. The Bertz CT molecular complexity index is 133. The van der Waals surface area contributed by atoms with Crippen molar-refractivity contribution < 1.29 is 0 Å². The van der Waals surface area contributed by atoms with E-state index >= 15 is 0 Å². The van der Waals surface area contributed by atoms with Gasteiger partial charge in [-0.15, -0.1) is 12.4 Å². The number of nitrogens with zero attached hydrogens (tertiary/aromatic N) is 1. The first-order valence-electron chi connectivity index (χ1n) is 4.80. The molecule has 1 aliphatic heterocycles. The zero-order valence-electron chi connectivity index (χ0n) is 7.59. The minimum Gasteiger partial charge on any atom is -0.269 e. The zero-order valence-corrected chi connectivity index (χ0v) is 8.41. The Balaban J connectivity index is 0.000000720. The summed E-state index contributed by atoms with van der Waals surface area (Å²) in [6.45, 7) is 2.25. The summed E-state index contributed by atoms with van der Waals surface area (Å²) in [5, 5.41) is 1.98. The number of halogens is 1. The smallest absolute Gasteiger partial charge is 0.0133 e. The maximum absolute atomic E-state index is 5.72. The molecule has 2 fully saturated rings. The van der Waals surface area contributed by atoms with Crippen LogP contribution < -0.4 is 5.84 Å². The van der Waals surface area contributed by atoms with E-state index in [0.717, 1.165) is 18.5 Å². The number of nitrogens with two attached hydrogens (primary N) is 1. The van der Waals surface area contributed by atoms with Gasteiger partial charge in [-0.25, -0.2) is 5.01 Å². The predicted molar refractivity (Wildman–Crippen MR) is 53.1 cm³/mol. The van der Waals surface area contributed by atoms with Crippen LogP contribution in [-0.4, -0.2) is 18.1 Å². The topological polar surface area (TPSA) is 29.3 Å². The molecule has 72 valence electrons. The fourth-order valence-corrected chi connectivity index (χ4v) is 2.62. The van der Waals surface area contributed by atoms with Gasteiger partial charge in [0.1, 0.15) is 0 Å². The highest BCUT2D eigenvalue weighted by Crippen LogP contribution is 2.45. The number of piperidine rings is 1. The average molecular weight is 191 g/mol. The minimum absolute atomic E-state index is 0. The van der Waals surface area contributed by atoms with Crippen LogP contribution >= 0.6 is 12.4 Å². The van der Waals surface area contributed by atoms with Crippen molar-refractivity contribution in [1.82, 2.24) is 5.01 Å². The van der Waals surface area contributed by atoms with Gasteiger partial charge in [-0.3, -0.25) is 5.84 Å². The molecule has 1 spiro atoms. The summed E-state index contributed by atoms with van der Waals surface area (Å²) in [4.78, 5) is 0. The molecule has 1 aliphatic carbocycles. The number of hydrogen-bond acceptors (Lipinski definition) is 2. The summed E-state index contributed by atoms with van der Waals surface area (Å²) >= 11 is 0. The highest BCUT2D eigenvalue weighted by atomic mass is 35.5. The molecule has 2 aliphatic rings. The highest BCUT2D eigenvalue weighted by molar-refractivity contribution is 5.85. The molecule has 0 unspecified atom stereocenters. The minimum atomic E-state index is 0. The van der Waals surface area contributed by atoms with Gasteiger partial charge in [-0.2, -0.15) is 0 Å². The van der Waals surface area contributed by atoms with E-state index < -0.39 is 0 Å². The summed E-state index contributed by atoms with van der Waals surface area (Å²) in [6.07, 6.45) is 8.57. The van der Waals surface area contributed by atoms with Crippen LogP contribution in [-0.2, 0) is 0 Å². The molecule has 2 N–H and O–H groups in total. The number of rotatable bonds is 0. The molecule has 0 aromatic heterocycles. The first-order chi connectivity index (χ1) is 5.31. The van der Waals surface area contributed by atoms with E-state index in [-0.39, 0.29) is 12.4 Å². The lowest BCUT2D eigenvalue weighted by Gasteiger charge is -2.37. The van der Waals surface area contributed by atoms with Crippen molar-refractivity contribution >= 4 is 12.4 Å². The number of hydrazine groups is 1. The maximum Gasteiger partial charge on any atom is 0.0133 e. The van der Waals surface area contributed by atoms with Crippen molar-refractivity contribution in [2.45, 2.75) is 38.5 Å². The van der Waals surface area contributed by atoms with E-state index in [4.69, 9.17) is 5.84 Å². The van der Waals surface area contributed by atoms with E-state index in [2.05, 4.69) is 0 Å². The molecule has 0 aromatic rings. The summed E-state index contributed by atoms with van der Waals surface area (Å²) < 4.78 is 0. The van der Waals surface area contributed by atoms with Crippen molar-refractivity contribution in [2.75, 3.05) is 13.1 Å². The van der Waals surface area contributed by atoms with E-state index in [1.54, 1.807) is 0 Å². The van der Waals surface area contributed by atoms with Crippen LogP contribution in [0.25, 0.3) is 0 Å². The van der Waals surface area contributed by atoms with Gasteiger partial charge in [0.15, 0.2) is 0 Å². The Kier molecular flexibility index (Phi) is 3.38. The fourth-order valence-electron chi connectivity index (χ4n) is 2.62. The molecule has 12 heavy (non-hydrogen) atoms. The molecular formula is C9H19ClN2. The molecule has 0 radical (unpaired) electrons. The molecule has 0 atom stereocenters. The van der Waals surface area contributed by atoms with Crippen LogP contribution in [0, 0.1) is 5.41 Å². The third-order valence-electron chi connectivity index (χ3n) is 3.52. The van der Waals surface area contributed by atoms with Crippen molar-refractivity contribution in [2.24, 2.45) is 11.3 Å². The van der Waals surface area contributed by atoms with E-state index in [1.807, 2.05) is 5.01 Å². The van der Waals surface area contributed by atoms with Crippen LogP contribution in [0.5, 0.6) is 0 Å². The van der Waals surface area contributed by atoms with Crippen molar-refractivity contribution in [1.29, 1.82) is 0 Å². The Morgan fingerprint density at radius 1 is 0.917 bits per heavy atom. The summed E-state index contributed by atoms with van der Waals surface area (Å²) in [5.41, 5.74) is 0.732. The molecule has 0 aromatic carbocycles. The molecule has 2 nitrogen and oxygen atoms in total. The lowest BCUT2D eigenvalue weighted by Crippen LogP contribution is -2.42.